The number of hydrogen-bond acceptors (Lipinski definition) is 6. The number of benzene rings is 2. The lowest BCUT2D eigenvalue weighted by Gasteiger charge is -2.12. The number of hydrogen-bond donors (Lipinski definition) is 1. The third-order valence-electron chi connectivity index (χ3n) is 4.64. The van der Waals surface area contributed by atoms with Crippen LogP contribution in [0, 0.1) is 0 Å². The summed E-state index contributed by atoms with van der Waals surface area (Å²) in [4.78, 5) is 38.6. The number of ether oxygens (including phenoxy) is 1. The lowest BCUT2D eigenvalue weighted by molar-refractivity contribution is 0.0603. The lowest BCUT2D eigenvalue weighted by Crippen LogP contribution is -2.32. The SMILES string of the molecule is COCCN1C(=O)c2ccc(C(=O)Nc3ccc(S(=O)(=O)N(C)C)cc3)cc2C1=O. The summed E-state index contributed by atoms with van der Waals surface area (Å²) in [7, 11) is 0.772. The second-order valence-corrected chi connectivity index (χ2v) is 8.93. The van der Waals surface area contributed by atoms with Crippen LogP contribution in [0.5, 0.6) is 0 Å². The Bertz CT molecular complexity index is 1110. The Labute approximate surface area is 174 Å². The molecule has 0 bridgehead atoms. The molecule has 1 aliphatic heterocycles. The minimum atomic E-state index is -3.57. The molecule has 158 valence electrons. The molecule has 0 aromatic heterocycles. The number of carbonyl (C=O) groups excluding carboxylic acids is 3. The molecule has 2 aromatic rings. The molecule has 0 saturated heterocycles. The minimum Gasteiger partial charge on any atom is -0.383 e. The zero-order valence-electron chi connectivity index (χ0n) is 16.7. The molecule has 0 fully saturated rings. The predicted octanol–water partition coefficient (Wildman–Crippen LogP) is 1.43. The monoisotopic (exact) mass is 431 g/mol. The van der Waals surface area contributed by atoms with Crippen LogP contribution in [-0.4, -0.2) is 69.7 Å². The Hall–Kier alpha value is -3.08. The van der Waals surface area contributed by atoms with Gasteiger partial charge < -0.3 is 10.1 Å². The normalized spacial score (nSPS) is 13.7. The summed E-state index contributed by atoms with van der Waals surface area (Å²) in [6, 6.07) is 10.0. The number of imide groups is 1. The summed E-state index contributed by atoms with van der Waals surface area (Å²) in [5.41, 5.74) is 0.998. The first kappa shape index (κ1) is 21.6. The minimum absolute atomic E-state index is 0.100. The van der Waals surface area contributed by atoms with E-state index in [-0.39, 0.29) is 34.7 Å². The van der Waals surface area contributed by atoms with Gasteiger partial charge in [0.2, 0.25) is 10.0 Å². The summed E-state index contributed by atoms with van der Waals surface area (Å²) in [6.45, 7) is 0.352. The van der Waals surface area contributed by atoms with E-state index >= 15 is 0 Å². The first-order valence-electron chi connectivity index (χ1n) is 9.00. The number of anilines is 1. The van der Waals surface area contributed by atoms with Gasteiger partial charge >= 0.3 is 0 Å². The molecule has 0 atom stereocenters. The first-order valence-corrected chi connectivity index (χ1v) is 10.4. The fourth-order valence-electron chi connectivity index (χ4n) is 2.94. The molecule has 0 radical (unpaired) electrons. The van der Waals surface area contributed by atoms with Crippen molar-refractivity contribution in [2.24, 2.45) is 0 Å². The molecule has 9 nitrogen and oxygen atoms in total. The molecule has 0 unspecified atom stereocenters. The van der Waals surface area contributed by atoms with Crippen molar-refractivity contribution in [2.45, 2.75) is 4.90 Å². The molecule has 2 aromatic carbocycles. The summed E-state index contributed by atoms with van der Waals surface area (Å²) in [6.07, 6.45) is 0. The number of methoxy groups -OCH3 is 1. The fourth-order valence-corrected chi connectivity index (χ4v) is 3.84. The number of fused-ring (bicyclic) bond motifs is 1. The zero-order valence-corrected chi connectivity index (χ0v) is 17.5. The number of rotatable bonds is 7. The molecular formula is C20H21N3O6S. The van der Waals surface area contributed by atoms with E-state index in [2.05, 4.69) is 5.32 Å². The van der Waals surface area contributed by atoms with Crippen LogP contribution in [-0.2, 0) is 14.8 Å². The molecular weight excluding hydrogens is 410 g/mol. The van der Waals surface area contributed by atoms with Crippen molar-refractivity contribution in [3.05, 3.63) is 59.2 Å². The van der Waals surface area contributed by atoms with Crippen LogP contribution in [0.3, 0.4) is 0 Å². The van der Waals surface area contributed by atoms with Gasteiger partial charge in [0.1, 0.15) is 0 Å². The summed E-state index contributed by atoms with van der Waals surface area (Å²) in [5.74, 6) is -1.38. The number of sulfonamides is 1. The van der Waals surface area contributed by atoms with E-state index in [1.54, 1.807) is 0 Å². The lowest BCUT2D eigenvalue weighted by atomic mass is 10.1. The standard InChI is InChI=1S/C20H21N3O6S/c1-22(2)30(27,28)15-7-5-14(6-8-15)21-18(24)13-4-9-16-17(12-13)20(26)23(19(16)25)10-11-29-3/h4-9,12H,10-11H2,1-3H3,(H,21,24). The maximum absolute atomic E-state index is 12.6. The van der Waals surface area contributed by atoms with Crippen molar-refractivity contribution in [3.8, 4) is 0 Å². The number of amides is 3. The van der Waals surface area contributed by atoms with Crippen LogP contribution in [0.1, 0.15) is 31.1 Å². The number of nitrogens with one attached hydrogen (secondary N) is 1. The highest BCUT2D eigenvalue weighted by atomic mass is 32.2. The van der Waals surface area contributed by atoms with Gasteiger partial charge in [-0.2, -0.15) is 0 Å². The van der Waals surface area contributed by atoms with Crippen LogP contribution < -0.4 is 5.32 Å². The van der Waals surface area contributed by atoms with E-state index in [4.69, 9.17) is 4.74 Å². The molecule has 0 spiro atoms. The quantitative estimate of drug-likeness (QED) is 0.664. The summed E-state index contributed by atoms with van der Waals surface area (Å²) in [5, 5.41) is 2.65. The maximum Gasteiger partial charge on any atom is 0.261 e. The second kappa shape index (κ2) is 8.34. The highest BCUT2D eigenvalue weighted by Crippen LogP contribution is 2.24. The third kappa shape index (κ3) is 3.97. The van der Waals surface area contributed by atoms with Crippen molar-refractivity contribution < 1.29 is 27.5 Å². The van der Waals surface area contributed by atoms with Crippen molar-refractivity contribution >= 4 is 33.4 Å². The van der Waals surface area contributed by atoms with Crippen LogP contribution in [0.2, 0.25) is 0 Å². The Balaban J connectivity index is 1.78. The Morgan fingerprint density at radius 1 is 1.03 bits per heavy atom. The number of nitrogens with zero attached hydrogens (tertiary/aromatic N) is 2. The highest BCUT2D eigenvalue weighted by Gasteiger charge is 2.35. The van der Waals surface area contributed by atoms with Crippen molar-refractivity contribution in [1.82, 2.24) is 9.21 Å². The van der Waals surface area contributed by atoms with Crippen LogP contribution >= 0.6 is 0 Å². The zero-order chi connectivity index (χ0) is 22.1. The van der Waals surface area contributed by atoms with Gasteiger partial charge in [0.05, 0.1) is 29.2 Å². The number of carbonyl (C=O) groups is 3. The third-order valence-corrected chi connectivity index (χ3v) is 6.47. The van der Waals surface area contributed by atoms with Crippen LogP contribution in [0.15, 0.2) is 47.4 Å². The Morgan fingerprint density at radius 3 is 2.27 bits per heavy atom. The van der Waals surface area contributed by atoms with Gasteiger partial charge in [-0.05, 0) is 42.5 Å². The molecule has 3 rings (SSSR count). The molecule has 3 amide bonds. The second-order valence-electron chi connectivity index (χ2n) is 6.78. The van der Waals surface area contributed by atoms with Gasteiger partial charge in [0, 0.05) is 32.5 Å². The van der Waals surface area contributed by atoms with Crippen molar-refractivity contribution in [1.29, 1.82) is 0 Å². The molecule has 1 aliphatic rings. The first-order chi connectivity index (χ1) is 14.2. The van der Waals surface area contributed by atoms with E-state index in [1.165, 1.54) is 63.7 Å². The van der Waals surface area contributed by atoms with Gasteiger partial charge in [-0.25, -0.2) is 12.7 Å². The summed E-state index contributed by atoms with van der Waals surface area (Å²) >= 11 is 0. The van der Waals surface area contributed by atoms with Crippen LogP contribution in [0.25, 0.3) is 0 Å². The van der Waals surface area contributed by atoms with Gasteiger partial charge in [0.25, 0.3) is 17.7 Å². The van der Waals surface area contributed by atoms with Gasteiger partial charge in [-0.3, -0.25) is 19.3 Å². The van der Waals surface area contributed by atoms with Crippen molar-refractivity contribution in [2.75, 3.05) is 39.7 Å². The molecule has 1 N–H and O–H groups in total. The molecule has 1 heterocycles. The van der Waals surface area contributed by atoms with Crippen molar-refractivity contribution in [3.63, 3.8) is 0 Å². The van der Waals surface area contributed by atoms with Gasteiger partial charge in [-0.1, -0.05) is 0 Å². The van der Waals surface area contributed by atoms with E-state index in [1.807, 2.05) is 0 Å². The highest BCUT2D eigenvalue weighted by molar-refractivity contribution is 7.89. The predicted molar refractivity (Wildman–Crippen MR) is 109 cm³/mol. The van der Waals surface area contributed by atoms with E-state index in [0.717, 1.165) is 9.21 Å². The average Bonchev–Trinajstić information content (AvgIpc) is 2.96. The molecule has 30 heavy (non-hydrogen) atoms. The Kier molecular flexibility index (Phi) is 6.01. The van der Waals surface area contributed by atoms with E-state index in [0.29, 0.717) is 5.69 Å². The molecule has 0 saturated carbocycles. The summed E-state index contributed by atoms with van der Waals surface area (Å²) < 4.78 is 30.2. The average molecular weight is 431 g/mol. The van der Waals surface area contributed by atoms with E-state index < -0.39 is 27.7 Å². The largest absolute Gasteiger partial charge is 0.383 e. The molecule has 10 heteroatoms. The smallest absolute Gasteiger partial charge is 0.261 e. The van der Waals surface area contributed by atoms with Gasteiger partial charge in [-0.15, -0.1) is 0 Å². The Morgan fingerprint density at radius 2 is 1.67 bits per heavy atom. The topological polar surface area (TPSA) is 113 Å². The van der Waals surface area contributed by atoms with E-state index in [9.17, 15) is 22.8 Å². The fraction of sp³-hybridized carbons (Fsp3) is 0.250. The maximum atomic E-state index is 12.6. The molecule has 0 aliphatic carbocycles. The van der Waals surface area contributed by atoms with Gasteiger partial charge in [0.15, 0.2) is 0 Å². The van der Waals surface area contributed by atoms with Crippen LogP contribution in [0.4, 0.5) is 5.69 Å².